The van der Waals surface area contributed by atoms with Crippen molar-refractivity contribution >= 4 is 0 Å². The van der Waals surface area contributed by atoms with Crippen molar-refractivity contribution in [1.82, 2.24) is 0 Å². The third kappa shape index (κ3) is 1.80. The van der Waals surface area contributed by atoms with Gasteiger partial charge in [0.15, 0.2) is 0 Å². The lowest BCUT2D eigenvalue weighted by atomic mass is 9.87. The van der Waals surface area contributed by atoms with Gasteiger partial charge in [-0.05, 0) is 68.6 Å². The molecule has 2 rings (SSSR count). The Morgan fingerprint density at radius 3 is 2.58 bits per heavy atom. The Morgan fingerprint density at radius 1 is 1.00 bits per heavy atom. The summed E-state index contributed by atoms with van der Waals surface area (Å²) < 4.78 is 0. The smallest absolute Gasteiger partial charge is 0.0273 e. The third-order valence-corrected chi connectivity index (χ3v) is 2.87. The van der Waals surface area contributed by atoms with Gasteiger partial charge >= 0.3 is 0 Å². The van der Waals surface area contributed by atoms with Gasteiger partial charge in [0.25, 0.3) is 0 Å². The van der Waals surface area contributed by atoms with Gasteiger partial charge in [-0.3, -0.25) is 0 Å². The summed E-state index contributed by atoms with van der Waals surface area (Å²) in [7, 11) is 0. The van der Waals surface area contributed by atoms with E-state index < -0.39 is 0 Å². The lowest BCUT2D eigenvalue weighted by Gasteiger charge is -2.18. The van der Waals surface area contributed by atoms with Gasteiger partial charge in [-0.2, -0.15) is 0 Å². The first kappa shape index (κ1) is 8.10. The van der Waals surface area contributed by atoms with Crippen LogP contribution in [0.25, 0.3) is 0 Å². The predicted molar refractivity (Wildman–Crippen MR) is 51.8 cm³/mol. The molecule has 0 spiro atoms. The number of hydrogen-bond acceptors (Lipinski definition) is 0. The van der Waals surface area contributed by atoms with E-state index in [0.717, 1.165) is 0 Å². The molecule has 0 saturated carbocycles. The third-order valence-electron chi connectivity index (χ3n) is 2.87. The normalized spacial score (nSPS) is 24.7. The van der Waals surface area contributed by atoms with Gasteiger partial charge < -0.3 is 0 Å². The Hall–Kier alpha value is -0.520. The average Bonchev–Trinajstić information content (AvgIpc) is 2.21. The fourth-order valence-corrected chi connectivity index (χ4v) is 2.14. The molecule has 0 heteroatoms. The highest BCUT2D eigenvalue weighted by atomic mass is 14.2. The van der Waals surface area contributed by atoms with E-state index >= 15 is 0 Å². The molecule has 2 aliphatic carbocycles. The zero-order chi connectivity index (χ0) is 8.23. The van der Waals surface area contributed by atoms with Gasteiger partial charge in [-0.15, -0.1) is 0 Å². The van der Waals surface area contributed by atoms with Crippen LogP contribution in [0.5, 0.6) is 0 Å². The van der Waals surface area contributed by atoms with Crippen molar-refractivity contribution in [2.45, 2.75) is 51.4 Å². The number of allylic oxidation sites excluding steroid dienone is 4. The molecule has 0 aliphatic heterocycles. The van der Waals surface area contributed by atoms with Gasteiger partial charge in [0, 0.05) is 0 Å². The molecule has 0 amide bonds. The van der Waals surface area contributed by atoms with Crippen molar-refractivity contribution < 1.29 is 0 Å². The van der Waals surface area contributed by atoms with Crippen LogP contribution in [-0.2, 0) is 0 Å². The maximum absolute atomic E-state index is 3.54. The van der Waals surface area contributed by atoms with E-state index in [1.165, 1.54) is 51.4 Å². The first-order valence-corrected chi connectivity index (χ1v) is 5.26. The molecule has 0 saturated heterocycles. The highest BCUT2D eigenvalue weighted by Crippen LogP contribution is 2.29. The van der Waals surface area contributed by atoms with Crippen molar-refractivity contribution in [3.8, 4) is 0 Å². The zero-order valence-electron chi connectivity index (χ0n) is 7.73. The predicted octanol–water partition coefficient (Wildman–Crippen LogP) is 3.79. The largest absolute Gasteiger partial charge is 0.0810 e. The fraction of sp³-hybridized carbons (Fsp3) is 0.667. The lowest BCUT2D eigenvalue weighted by molar-refractivity contribution is 0.656. The Balaban J connectivity index is 2.06. The van der Waals surface area contributed by atoms with Gasteiger partial charge in [0.2, 0.25) is 0 Å². The van der Waals surface area contributed by atoms with Gasteiger partial charge in [-0.1, -0.05) is 6.08 Å². The summed E-state index contributed by atoms with van der Waals surface area (Å²) in [4.78, 5) is 0. The van der Waals surface area contributed by atoms with E-state index in [9.17, 15) is 0 Å². The molecule has 0 nitrogen and oxygen atoms in total. The van der Waals surface area contributed by atoms with Crippen molar-refractivity contribution in [2.24, 2.45) is 0 Å². The van der Waals surface area contributed by atoms with E-state index in [1.54, 1.807) is 11.1 Å². The zero-order valence-corrected chi connectivity index (χ0v) is 7.73. The molecular formula is C12H17. The van der Waals surface area contributed by atoms with Crippen LogP contribution in [0.1, 0.15) is 51.4 Å². The van der Waals surface area contributed by atoms with Crippen LogP contribution in [0.3, 0.4) is 0 Å². The Labute approximate surface area is 75.4 Å². The fourth-order valence-electron chi connectivity index (χ4n) is 2.14. The average molecular weight is 161 g/mol. The second-order valence-corrected chi connectivity index (χ2v) is 3.84. The maximum atomic E-state index is 3.54. The monoisotopic (exact) mass is 161 g/mol. The summed E-state index contributed by atoms with van der Waals surface area (Å²) in [6.45, 7) is 0. The van der Waals surface area contributed by atoms with Crippen molar-refractivity contribution in [3.05, 3.63) is 23.3 Å². The summed E-state index contributed by atoms with van der Waals surface area (Å²) >= 11 is 0. The Morgan fingerprint density at radius 2 is 1.92 bits per heavy atom. The van der Waals surface area contributed by atoms with E-state index in [1.807, 2.05) is 0 Å². The highest BCUT2D eigenvalue weighted by Gasteiger charge is 2.10. The van der Waals surface area contributed by atoms with Gasteiger partial charge in [-0.25, -0.2) is 0 Å². The first-order chi connectivity index (χ1) is 5.97. The molecule has 0 bridgehead atoms. The van der Waals surface area contributed by atoms with E-state index in [4.69, 9.17) is 0 Å². The van der Waals surface area contributed by atoms with Gasteiger partial charge in [0.1, 0.15) is 0 Å². The molecule has 1 radical (unpaired) electrons. The lowest BCUT2D eigenvalue weighted by Crippen LogP contribution is -1.99. The van der Waals surface area contributed by atoms with E-state index in [-0.39, 0.29) is 0 Å². The van der Waals surface area contributed by atoms with Crippen molar-refractivity contribution in [3.63, 3.8) is 0 Å². The van der Waals surface area contributed by atoms with E-state index in [2.05, 4.69) is 12.2 Å². The number of rotatable bonds is 1. The molecule has 0 aromatic rings. The molecule has 0 atom stereocenters. The number of hydrogen-bond donors (Lipinski definition) is 0. The minimum Gasteiger partial charge on any atom is -0.0810 e. The molecule has 0 N–H and O–H groups in total. The van der Waals surface area contributed by atoms with Crippen LogP contribution >= 0.6 is 0 Å². The summed E-state index contributed by atoms with van der Waals surface area (Å²) in [5.74, 6) is 0. The molecule has 0 fully saturated rings. The second-order valence-electron chi connectivity index (χ2n) is 3.84. The minimum atomic E-state index is 1.20. The van der Waals surface area contributed by atoms with Crippen molar-refractivity contribution in [1.29, 1.82) is 0 Å². The molecule has 12 heavy (non-hydrogen) atoms. The maximum Gasteiger partial charge on any atom is -0.0273 e. The summed E-state index contributed by atoms with van der Waals surface area (Å²) in [5, 5.41) is 0. The highest BCUT2D eigenvalue weighted by molar-refractivity contribution is 5.30. The van der Waals surface area contributed by atoms with Crippen LogP contribution in [0.2, 0.25) is 0 Å². The van der Waals surface area contributed by atoms with Gasteiger partial charge in [0.05, 0.1) is 0 Å². The van der Waals surface area contributed by atoms with Crippen LogP contribution < -0.4 is 0 Å². The topological polar surface area (TPSA) is 0 Å². The van der Waals surface area contributed by atoms with E-state index in [0.29, 0.717) is 0 Å². The molecule has 0 aromatic heterocycles. The molecule has 65 valence electrons. The summed E-state index contributed by atoms with van der Waals surface area (Å²) in [5.41, 5.74) is 3.18. The van der Waals surface area contributed by atoms with Crippen molar-refractivity contribution in [2.75, 3.05) is 0 Å². The summed E-state index contributed by atoms with van der Waals surface area (Å²) in [6.07, 6.45) is 16.7. The molecule has 0 aromatic carbocycles. The summed E-state index contributed by atoms with van der Waals surface area (Å²) in [6, 6.07) is 0. The Kier molecular flexibility index (Phi) is 2.65. The van der Waals surface area contributed by atoms with Crippen LogP contribution in [-0.4, -0.2) is 0 Å². The molecule has 0 heterocycles. The minimum absolute atomic E-state index is 1.20. The van der Waals surface area contributed by atoms with Crippen LogP contribution in [0.15, 0.2) is 17.2 Å². The van der Waals surface area contributed by atoms with Crippen LogP contribution in [0, 0.1) is 6.08 Å². The Bertz CT molecular complexity index is 184. The molecule has 2 aliphatic rings. The standard InChI is InChI=1S/C12H17/c1-3-7-11(8-4-1)12-9-5-2-6-10-12/h7H,1-6,8-9H2. The van der Waals surface area contributed by atoms with Crippen LogP contribution in [0.4, 0.5) is 0 Å². The molecule has 0 unspecified atom stereocenters. The molecular weight excluding hydrogens is 144 g/mol. The first-order valence-electron chi connectivity index (χ1n) is 5.26. The SMILES string of the molecule is [C]1=C(C2=CCCCC2)CCCC1. The second kappa shape index (κ2) is 3.93. The quantitative estimate of drug-likeness (QED) is 0.549.